The van der Waals surface area contributed by atoms with Gasteiger partial charge in [0.25, 0.3) is 0 Å². The maximum Gasteiger partial charge on any atom is 0.232 e. The summed E-state index contributed by atoms with van der Waals surface area (Å²) in [6.07, 6.45) is 0. The zero-order chi connectivity index (χ0) is 17.3. The number of hydrogen-bond donors (Lipinski definition) is 2. The number of carbonyl (C=O) groups is 2. The van der Waals surface area contributed by atoms with E-state index in [1.165, 1.54) is 0 Å². The van der Waals surface area contributed by atoms with Crippen LogP contribution in [0.3, 0.4) is 0 Å². The van der Waals surface area contributed by atoms with E-state index < -0.39 is 11.8 Å². The summed E-state index contributed by atoms with van der Waals surface area (Å²) in [5, 5.41) is 5.67. The molecule has 0 aromatic heterocycles. The highest BCUT2D eigenvalue weighted by molar-refractivity contribution is 14.1. The van der Waals surface area contributed by atoms with Gasteiger partial charge < -0.3 is 10.6 Å². The number of halogens is 2. The lowest BCUT2D eigenvalue weighted by Crippen LogP contribution is -2.20. The van der Waals surface area contributed by atoms with Crippen molar-refractivity contribution in [2.75, 3.05) is 10.6 Å². The molecule has 1 fully saturated rings. The zero-order valence-corrected chi connectivity index (χ0v) is 16.9. The first-order valence-electron chi connectivity index (χ1n) is 7.27. The fourth-order valence-corrected chi connectivity index (χ4v) is 3.18. The molecule has 2 N–H and O–H groups in total. The lowest BCUT2D eigenvalue weighted by atomic mass is 10.2. The number of anilines is 2. The molecule has 1 aliphatic carbocycles. The van der Waals surface area contributed by atoms with Crippen LogP contribution >= 0.6 is 45.2 Å². The fraction of sp³-hybridized carbons (Fsp3) is 0.111. The molecule has 0 radical (unpaired) electrons. The number of carbonyl (C=O) groups excluding carboxylic acids is 2. The number of rotatable bonds is 4. The Bertz CT molecular complexity index is 733. The van der Waals surface area contributed by atoms with Crippen molar-refractivity contribution in [3.8, 4) is 0 Å². The normalized spacial score (nSPS) is 18.8. The Balaban J connectivity index is 1.61. The standard InChI is InChI=1S/C18H14I2N2O2/c1-10-15(17(23)21-13-6-2-11(19)3-7-13)16(10)18(24)22-14-8-4-12(20)5-9-14/h2-9,15-16H,1H2,(H,21,23)(H,22,24)/t15-,16?/m1/s1. The molecule has 6 heteroatoms. The average molecular weight is 544 g/mol. The van der Waals surface area contributed by atoms with Gasteiger partial charge in [0, 0.05) is 18.5 Å². The second-order valence-corrected chi connectivity index (χ2v) is 8.01. The lowest BCUT2D eigenvalue weighted by Gasteiger charge is -2.06. The molecule has 4 nitrogen and oxygen atoms in total. The quantitative estimate of drug-likeness (QED) is 0.447. The second-order valence-electron chi connectivity index (χ2n) is 5.52. The molecule has 2 aromatic carbocycles. The molecule has 1 unspecified atom stereocenters. The summed E-state index contributed by atoms with van der Waals surface area (Å²) in [6, 6.07) is 15.0. The average Bonchev–Trinajstić information content (AvgIpc) is 3.23. The van der Waals surface area contributed by atoms with Gasteiger partial charge in [-0.2, -0.15) is 0 Å². The maximum absolute atomic E-state index is 12.3. The van der Waals surface area contributed by atoms with E-state index in [-0.39, 0.29) is 11.8 Å². The first kappa shape index (κ1) is 17.4. The van der Waals surface area contributed by atoms with E-state index in [9.17, 15) is 9.59 Å². The van der Waals surface area contributed by atoms with Crippen LogP contribution in [0, 0.1) is 19.0 Å². The van der Waals surface area contributed by atoms with E-state index in [1.807, 2.05) is 48.5 Å². The highest BCUT2D eigenvalue weighted by atomic mass is 127. The first-order valence-corrected chi connectivity index (χ1v) is 9.43. The van der Waals surface area contributed by atoms with Crippen molar-refractivity contribution >= 4 is 68.4 Å². The van der Waals surface area contributed by atoms with Crippen LogP contribution in [0.1, 0.15) is 0 Å². The van der Waals surface area contributed by atoms with Crippen LogP contribution in [-0.2, 0) is 9.59 Å². The summed E-state index contributed by atoms with van der Waals surface area (Å²) in [7, 11) is 0. The largest absolute Gasteiger partial charge is 0.326 e. The van der Waals surface area contributed by atoms with Gasteiger partial charge in [-0.25, -0.2) is 0 Å². The van der Waals surface area contributed by atoms with Crippen molar-refractivity contribution in [1.82, 2.24) is 0 Å². The number of amides is 2. The van der Waals surface area contributed by atoms with E-state index in [0.29, 0.717) is 5.57 Å². The summed E-state index contributed by atoms with van der Waals surface area (Å²) in [4.78, 5) is 24.7. The molecule has 1 saturated carbocycles. The molecular weight excluding hydrogens is 530 g/mol. The third-order valence-electron chi connectivity index (χ3n) is 3.81. The van der Waals surface area contributed by atoms with Gasteiger partial charge in [0.15, 0.2) is 0 Å². The second kappa shape index (κ2) is 7.22. The molecule has 0 saturated heterocycles. The minimum atomic E-state index is -0.465. The van der Waals surface area contributed by atoms with Gasteiger partial charge in [0.05, 0.1) is 11.8 Å². The van der Waals surface area contributed by atoms with Crippen molar-refractivity contribution in [3.05, 3.63) is 67.8 Å². The van der Waals surface area contributed by atoms with Crippen LogP contribution in [0.5, 0.6) is 0 Å². The van der Waals surface area contributed by atoms with Gasteiger partial charge >= 0.3 is 0 Å². The van der Waals surface area contributed by atoms with Gasteiger partial charge in [-0.1, -0.05) is 12.2 Å². The Labute approximate surface area is 167 Å². The Hall–Kier alpha value is -1.42. The highest BCUT2D eigenvalue weighted by Crippen LogP contribution is 2.45. The molecule has 0 heterocycles. The van der Waals surface area contributed by atoms with Crippen molar-refractivity contribution < 1.29 is 9.59 Å². The van der Waals surface area contributed by atoms with Crippen LogP contribution in [0.25, 0.3) is 0 Å². The molecule has 122 valence electrons. The summed E-state index contributed by atoms with van der Waals surface area (Å²) in [6.45, 7) is 3.86. The Morgan fingerprint density at radius 2 is 1.08 bits per heavy atom. The van der Waals surface area contributed by atoms with Crippen molar-refractivity contribution in [1.29, 1.82) is 0 Å². The maximum atomic E-state index is 12.3. The SMILES string of the molecule is C=C1C(C(=O)Nc2ccc(I)cc2)[C@@H]1C(=O)Nc1ccc(I)cc1. The molecule has 0 bridgehead atoms. The summed E-state index contributed by atoms with van der Waals surface area (Å²) in [5.74, 6) is -1.31. The Morgan fingerprint density at radius 3 is 1.42 bits per heavy atom. The molecule has 0 aliphatic heterocycles. The third kappa shape index (κ3) is 3.97. The van der Waals surface area contributed by atoms with Crippen LogP contribution in [-0.4, -0.2) is 11.8 Å². The first-order chi connectivity index (χ1) is 11.5. The van der Waals surface area contributed by atoms with Gasteiger partial charge in [-0.3, -0.25) is 9.59 Å². The summed E-state index contributed by atoms with van der Waals surface area (Å²) < 4.78 is 2.19. The molecule has 2 amide bonds. The van der Waals surface area contributed by atoms with Gasteiger partial charge in [-0.15, -0.1) is 0 Å². The van der Waals surface area contributed by atoms with Crippen LogP contribution in [0.2, 0.25) is 0 Å². The van der Waals surface area contributed by atoms with Crippen molar-refractivity contribution in [2.24, 2.45) is 11.8 Å². The van der Waals surface area contributed by atoms with Gasteiger partial charge in [0.2, 0.25) is 11.8 Å². The monoisotopic (exact) mass is 544 g/mol. The minimum Gasteiger partial charge on any atom is -0.326 e. The van der Waals surface area contributed by atoms with Gasteiger partial charge in [0.1, 0.15) is 0 Å². The zero-order valence-electron chi connectivity index (χ0n) is 12.6. The van der Waals surface area contributed by atoms with E-state index in [0.717, 1.165) is 18.5 Å². The third-order valence-corrected chi connectivity index (χ3v) is 5.25. The predicted octanol–water partition coefficient (Wildman–Crippen LogP) is 4.28. The number of nitrogens with one attached hydrogen (secondary N) is 2. The number of benzene rings is 2. The summed E-state index contributed by atoms with van der Waals surface area (Å²) >= 11 is 4.41. The topological polar surface area (TPSA) is 58.2 Å². The number of hydrogen-bond acceptors (Lipinski definition) is 2. The Kier molecular flexibility index (Phi) is 5.24. The van der Waals surface area contributed by atoms with E-state index in [4.69, 9.17) is 0 Å². The predicted molar refractivity (Wildman–Crippen MR) is 112 cm³/mol. The van der Waals surface area contributed by atoms with Gasteiger partial charge in [-0.05, 0) is 93.7 Å². The molecule has 0 spiro atoms. The minimum absolute atomic E-state index is 0.191. The van der Waals surface area contributed by atoms with Crippen molar-refractivity contribution in [2.45, 2.75) is 0 Å². The van der Waals surface area contributed by atoms with E-state index >= 15 is 0 Å². The molecule has 2 aromatic rings. The van der Waals surface area contributed by atoms with E-state index in [2.05, 4.69) is 62.4 Å². The smallest absolute Gasteiger partial charge is 0.232 e. The Morgan fingerprint density at radius 1 is 0.750 bits per heavy atom. The molecule has 2 atom stereocenters. The van der Waals surface area contributed by atoms with Crippen molar-refractivity contribution in [3.63, 3.8) is 0 Å². The molecule has 3 rings (SSSR count). The lowest BCUT2D eigenvalue weighted by molar-refractivity contribution is -0.122. The highest BCUT2D eigenvalue weighted by Gasteiger charge is 2.52. The fourth-order valence-electron chi connectivity index (χ4n) is 2.46. The summed E-state index contributed by atoms with van der Waals surface area (Å²) in [5.41, 5.74) is 2.09. The van der Waals surface area contributed by atoms with Crippen LogP contribution < -0.4 is 10.6 Å². The molecular formula is C18H14I2N2O2. The molecule has 24 heavy (non-hydrogen) atoms. The van der Waals surface area contributed by atoms with Crippen LogP contribution in [0.15, 0.2) is 60.7 Å². The van der Waals surface area contributed by atoms with Crippen LogP contribution in [0.4, 0.5) is 11.4 Å². The van der Waals surface area contributed by atoms with E-state index in [1.54, 1.807) is 0 Å². The molecule has 1 aliphatic rings.